The average Bonchev–Trinajstić information content (AvgIpc) is 3.00. The summed E-state index contributed by atoms with van der Waals surface area (Å²) in [4.78, 5) is 17.5. The summed E-state index contributed by atoms with van der Waals surface area (Å²) < 4.78 is 0. The van der Waals surface area contributed by atoms with E-state index in [-0.39, 0.29) is 5.91 Å². The number of hydrogen-bond acceptors (Lipinski definition) is 2. The Morgan fingerprint density at radius 1 is 0.875 bits per heavy atom. The minimum absolute atomic E-state index is 0.113. The van der Waals surface area contributed by atoms with Gasteiger partial charge in [-0.3, -0.25) is 4.79 Å². The van der Waals surface area contributed by atoms with E-state index in [0.717, 1.165) is 24.9 Å². The summed E-state index contributed by atoms with van der Waals surface area (Å²) in [6.45, 7) is 19.4. The number of hydrogen-bond donors (Lipinski definition) is 0. The molecule has 0 spiro atoms. The van der Waals surface area contributed by atoms with Gasteiger partial charge in [0, 0.05) is 28.9 Å². The van der Waals surface area contributed by atoms with Crippen LogP contribution in [0.1, 0.15) is 107 Å². The fourth-order valence-corrected chi connectivity index (χ4v) is 5.65. The minimum Gasteiger partial charge on any atom is -0.342 e. The van der Waals surface area contributed by atoms with E-state index in [0.29, 0.717) is 5.92 Å². The fourth-order valence-electron chi connectivity index (χ4n) is 4.57. The van der Waals surface area contributed by atoms with Crippen LogP contribution in [0.2, 0.25) is 0 Å². The van der Waals surface area contributed by atoms with Crippen molar-refractivity contribution in [2.24, 2.45) is 5.92 Å². The van der Waals surface area contributed by atoms with Crippen LogP contribution in [0.3, 0.4) is 0 Å². The SMILES string of the molecule is CC.CC.CC.CCCC(C)CCN(C)C(=O)c1ccc2c(c1)C/C=C(/c1ccc(C)cc1)c1ccccc1S2. The molecule has 0 bridgehead atoms. The van der Waals surface area contributed by atoms with Crippen molar-refractivity contribution in [3.63, 3.8) is 0 Å². The van der Waals surface area contributed by atoms with Gasteiger partial charge in [-0.05, 0) is 72.2 Å². The quantitative estimate of drug-likeness (QED) is 0.287. The Balaban J connectivity index is 0.00000125. The van der Waals surface area contributed by atoms with E-state index in [1.54, 1.807) is 11.8 Å². The highest BCUT2D eigenvalue weighted by Gasteiger charge is 2.19. The van der Waals surface area contributed by atoms with Crippen LogP contribution < -0.4 is 0 Å². The molecule has 0 radical (unpaired) electrons. The molecular weight excluding hydrogens is 506 g/mol. The van der Waals surface area contributed by atoms with Crippen LogP contribution in [0.25, 0.3) is 5.57 Å². The molecule has 0 aliphatic carbocycles. The maximum absolute atomic E-state index is 13.2. The van der Waals surface area contributed by atoms with Gasteiger partial charge in [0.1, 0.15) is 0 Å². The molecule has 0 saturated heterocycles. The third-order valence-electron chi connectivity index (χ3n) is 6.68. The van der Waals surface area contributed by atoms with Crippen LogP contribution in [0, 0.1) is 12.8 Å². The van der Waals surface area contributed by atoms with Gasteiger partial charge >= 0.3 is 0 Å². The lowest BCUT2D eigenvalue weighted by molar-refractivity contribution is 0.0787. The minimum atomic E-state index is 0.113. The molecule has 2 nitrogen and oxygen atoms in total. The smallest absolute Gasteiger partial charge is 0.253 e. The lowest BCUT2D eigenvalue weighted by atomic mass is 9.94. The molecule has 0 fully saturated rings. The molecule has 1 aliphatic rings. The maximum atomic E-state index is 13.2. The molecule has 1 heterocycles. The first kappa shape index (κ1) is 35.2. The lowest BCUT2D eigenvalue weighted by Crippen LogP contribution is -2.28. The second kappa shape index (κ2) is 19.3. The number of fused-ring (bicyclic) bond motifs is 2. The highest BCUT2D eigenvalue weighted by molar-refractivity contribution is 7.99. The summed E-state index contributed by atoms with van der Waals surface area (Å²) in [6, 6.07) is 23.6. The third kappa shape index (κ3) is 10.0. The van der Waals surface area contributed by atoms with Crippen LogP contribution in [0.4, 0.5) is 0 Å². The zero-order valence-corrected chi connectivity index (χ0v) is 27.6. The van der Waals surface area contributed by atoms with Crippen molar-refractivity contribution in [3.8, 4) is 0 Å². The Bertz CT molecular complexity index is 1180. The molecule has 1 amide bonds. The van der Waals surface area contributed by atoms with E-state index in [1.165, 1.54) is 50.5 Å². The Morgan fingerprint density at radius 3 is 2.17 bits per heavy atom. The van der Waals surface area contributed by atoms with Gasteiger partial charge in [0.25, 0.3) is 5.91 Å². The van der Waals surface area contributed by atoms with Gasteiger partial charge in [0.2, 0.25) is 0 Å². The van der Waals surface area contributed by atoms with Crippen molar-refractivity contribution in [1.29, 1.82) is 0 Å². The molecule has 0 aromatic heterocycles. The summed E-state index contributed by atoms with van der Waals surface area (Å²) in [5.74, 6) is 0.763. The topological polar surface area (TPSA) is 20.3 Å². The number of carbonyl (C=O) groups is 1. The van der Waals surface area contributed by atoms with E-state index in [2.05, 4.69) is 87.5 Å². The highest BCUT2D eigenvalue weighted by atomic mass is 32.2. The molecule has 1 aliphatic heterocycles. The summed E-state index contributed by atoms with van der Waals surface area (Å²) in [7, 11) is 1.93. The summed E-state index contributed by atoms with van der Waals surface area (Å²) in [6.07, 6.45) is 6.60. The van der Waals surface area contributed by atoms with Gasteiger partial charge in [-0.2, -0.15) is 0 Å². The first-order chi connectivity index (χ1) is 19.5. The van der Waals surface area contributed by atoms with Crippen LogP contribution in [0.15, 0.2) is 82.6 Å². The van der Waals surface area contributed by atoms with Crippen LogP contribution in [0.5, 0.6) is 0 Å². The van der Waals surface area contributed by atoms with Gasteiger partial charge in [-0.15, -0.1) is 0 Å². The molecule has 0 N–H and O–H groups in total. The predicted molar refractivity (Wildman–Crippen MR) is 179 cm³/mol. The number of aryl methyl sites for hydroxylation is 1. The molecule has 4 rings (SSSR count). The van der Waals surface area contributed by atoms with Crippen molar-refractivity contribution in [2.45, 2.75) is 97.8 Å². The van der Waals surface area contributed by atoms with Crippen LogP contribution in [-0.2, 0) is 6.42 Å². The monoisotopic (exact) mass is 559 g/mol. The molecule has 218 valence electrons. The Kier molecular flexibility index (Phi) is 17.0. The van der Waals surface area contributed by atoms with Gasteiger partial charge in [-0.1, -0.05) is 134 Å². The number of allylic oxidation sites excluding steroid dienone is 1. The maximum Gasteiger partial charge on any atom is 0.253 e. The highest BCUT2D eigenvalue weighted by Crippen LogP contribution is 2.40. The number of carbonyl (C=O) groups excluding carboxylic acids is 1. The zero-order valence-electron chi connectivity index (χ0n) is 26.8. The number of nitrogens with zero attached hydrogens (tertiary/aromatic N) is 1. The summed E-state index contributed by atoms with van der Waals surface area (Å²) in [5, 5.41) is 0. The Morgan fingerprint density at radius 2 is 1.52 bits per heavy atom. The van der Waals surface area contributed by atoms with Crippen molar-refractivity contribution in [3.05, 3.63) is 101 Å². The van der Waals surface area contributed by atoms with Crippen molar-refractivity contribution < 1.29 is 4.79 Å². The van der Waals surface area contributed by atoms with Gasteiger partial charge in [0.15, 0.2) is 0 Å². The Hall–Kier alpha value is -2.78. The molecule has 3 aromatic carbocycles. The van der Waals surface area contributed by atoms with Crippen molar-refractivity contribution in [2.75, 3.05) is 13.6 Å². The van der Waals surface area contributed by atoms with Crippen LogP contribution >= 0.6 is 11.8 Å². The number of amides is 1. The zero-order chi connectivity index (χ0) is 30.1. The third-order valence-corrected chi connectivity index (χ3v) is 7.87. The fraction of sp³-hybridized carbons (Fsp3) is 0.432. The van der Waals surface area contributed by atoms with E-state index in [1.807, 2.05) is 59.6 Å². The van der Waals surface area contributed by atoms with E-state index < -0.39 is 0 Å². The Labute approximate surface area is 250 Å². The largest absolute Gasteiger partial charge is 0.342 e. The average molecular weight is 560 g/mol. The number of benzene rings is 3. The molecule has 3 heteroatoms. The first-order valence-corrected chi connectivity index (χ1v) is 16.2. The van der Waals surface area contributed by atoms with E-state index >= 15 is 0 Å². The first-order valence-electron chi connectivity index (χ1n) is 15.4. The molecule has 3 aromatic rings. The normalized spacial score (nSPS) is 13.4. The standard InChI is InChI=1S/C31H35NOS.3C2H6/c1-5-8-22(2)19-20-32(4)31(33)26-16-18-29-25(21-26)15-17-27(24-13-11-23(3)12-14-24)28-9-6-7-10-30(28)34-29;3*1-2/h6-7,9-14,16-18,21-22H,5,8,15,19-20H2,1-4H3;3*1-2H3/b27-17-;;;. The van der Waals surface area contributed by atoms with Gasteiger partial charge < -0.3 is 4.90 Å². The van der Waals surface area contributed by atoms with Gasteiger partial charge in [-0.25, -0.2) is 0 Å². The molecule has 40 heavy (non-hydrogen) atoms. The van der Waals surface area contributed by atoms with E-state index in [9.17, 15) is 4.79 Å². The molecule has 1 unspecified atom stereocenters. The predicted octanol–water partition coefficient (Wildman–Crippen LogP) is 11.1. The van der Waals surface area contributed by atoms with E-state index in [4.69, 9.17) is 0 Å². The van der Waals surface area contributed by atoms with Crippen LogP contribution in [-0.4, -0.2) is 24.4 Å². The summed E-state index contributed by atoms with van der Waals surface area (Å²) >= 11 is 1.80. The second-order valence-corrected chi connectivity index (χ2v) is 10.6. The summed E-state index contributed by atoms with van der Waals surface area (Å²) in [5.41, 5.74) is 7.01. The molecular formula is C37H53NOS. The second-order valence-electron chi connectivity index (χ2n) is 9.52. The number of rotatable bonds is 7. The van der Waals surface area contributed by atoms with Crippen molar-refractivity contribution in [1.82, 2.24) is 4.90 Å². The van der Waals surface area contributed by atoms with Crippen molar-refractivity contribution >= 4 is 23.2 Å². The lowest BCUT2D eigenvalue weighted by Gasteiger charge is -2.21. The molecule has 0 saturated carbocycles. The molecule has 1 atom stereocenters. The van der Waals surface area contributed by atoms with Gasteiger partial charge in [0.05, 0.1) is 0 Å².